The molecule has 1 heterocycles. The van der Waals surface area contributed by atoms with Crippen molar-refractivity contribution in [1.82, 2.24) is 9.78 Å². The number of aromatic nitrogens is 2. The summed E-state index contributed by atoms with van der Waals surface area (Å²) in [7, 11) is 0. The highest BCUT2D eigenvalue weighted by Gasteiger charge is 2.13. The molecule has 1 aromatic carbocycles. The number of nitrogens with one attached hydrogen (secondary N) is 1. The molecule has 0 radical (unpaired) electrons. The van der Waals surface area contributed by atoms with Gasteiger partial charge in [-0.1, -0.05) is 11.6 Å². The second-order valence-electron chi connectivity index (χ2n) is 4.36. The Morgan fingerprint density at radius 1 is 1.50 bits per heavy atom. The highest BCUT2D eigenvalue weighted by Crippen LogP contribution is 2.24. The van der Waals surface area contributed by atoms with Gasteiger partial charge in [-0.05, 0) is 19.9 Å². The molecule has 0 saturated carbocycles. The maximum absolute atomic E-state index is 10.9. The van der Waals surface area contributed by atoms with Crippen molar-refractivity contribution in [1.29, 1.82) is 0 Å². The van der Waals surface area contributed by atoms with E-state index in [1.54, 1.807) is 23.0 Å². The summed E-state index contributed by atoms with van der Waals surface area (Å²) in [5.41, 5.74) is 2.58. The molecular formula is C13H15ClN4O2. The standard InChI is InChI=1S/C13H15ClN4O2/c1-3-15-13-5-4-11(18(19)20)6-10(13)8-17-9(2)12(14)7-16-17/h4-7,15H,3,8H2,1-2H3. The zero-order chi connectivity index (χ0) is 14.7. The van der Waals surface area contributed by atoms with Crippen molar-refractivity contribution in [3.8, 4) is 0 Å². The molecule has 0 fully saturated rings. The summed E-state index contributed by atoms with van der Waals surface area (Å²) in [5.74, 6) is 0. The summed E-state index contributed by atoms with van der Waals surface area (Å²) < 4.78 is 1.72. The minimum Gasteiger partial charge on any atom is -0.385 e. The molecule has 2 rings (SSSR count). The summed E-state index contributed by atoms with van der Waals surface area (Å²) in [5, 5.41) is 18.8. The number of hydrogen-bond acceptors (Lipinski definition) is 4. The molecule has 7 heteroatoms. The maximum atomic E-state index is 10.9. The van der Waals surface area contributed by atoms with Gasteiger partial charge in [0.2, 0.25) is 0 Å². The van der Waals surface area contributed by atoms with E-state index in [1.165, 1.54) is 6.07 Å². The molecule has 20 heavy (non-hydrogen) atoms. The van der Waals surface area contributed by atoms with Crippen LogP contribution in [-0.4, -0.2) is 21.2 Å². The average molecular weight is 295 g/mol. The summed E-state index contributed by atoms with van der Waals surface area (Å²) in [6.45, 7) is 5.01. The van der Waals surface area contributed by atoms with Crippen molar-refractivity contribution in [2.24, 2.45) is 0 Å². The molecule has 6 nitrogen and oxygen atoms in total. The van der Waals surface area contributed by atoms with Gasteiger partial charge in [-0.15, -0.1) is 0 Å². The fourth-order valence-electron chi connectivity index (χ4n) is 1.93. The van der Waals surface area contributed by atoms with Crippen molar-refractivity contribution < 1.29 is 4.92 Å². The van der Waals surface area contributed by atoms with Gasteiger partial charge in [0.25, 0.3) is 5.69 Å². The lowest BCUT2D eigenvalue weighted by molar-refractivity contribution is -0.384. The first-order chi connectivity index (χ1) is 9.52. The molecule has 0 saturated heterocycles. The second kappa shape index (κ2) is 5.92. The van der Waals surface area contributed by atoms with Gasteiger partial charge in [-0.2, -0.15) is 5.10 Å². The van der Waals surface area contributed by atoms with Crippen molar-refractivity contribution in [2.75, 3.05) is 11.9 Å². The Morgan fingerprint density at radius 2 is 2.25 bits per heavy atom. The lowest BCUT2D eigenvalue weighted by Gasteiger charge is -2.11. The number of anilines is 1. The van der Waals surface area contributed by atoms with Crippen molar-refractivity contribution >= 4 is 23.0 Å². The van der Waals surface area contributed by atoms with Gasteiger partial charge < -0.3 is 5.32 Å². The molecule has 2 aromatic rings. The van der Waals surface area contributed by atoms with Crippen LogP contribution in [0, 0.1) is 17.0 Å². The minimum atomic E-state index is -0.401. The normalized spacial score (nSPS) is 10.6. The summed E-state index contributed by atoms with van der Waals surface area (Å²) in [6, 6.07) is 4.77. The van der Waals surface area contributed by atoms with Crippen LogP contribution in [0.5, 0.6) is 0 Å². The average Bonchev–Trinajstić information content (AvgIpc) is 2.73. The molecule has 0 spiro atoms. The third-order valence-corrected chi connectivity index (χ3v) is 3.40. The molecule has 1 aromatic heterocycles. The Bertz CT molecular complexity index is 639. The molecule has 0 aliphatic carbocycles. The van der Waals surface area contributed by atoms with E-state index in [2.05, 4.69) is 10.4 Å². The Morgan fingerprint density at radius 3 is 2.80 bits per heavy atom. The molecule has 0 aliphatic rings. The van der Waals surface area contributed by atoms with E-state index < -0.39 is 4.92 Å². The van der Waals surface area contributed by atoms with Crippen LogP contribution in [0.1, 0.15) is 18.2 Å². The maximum Gasteiger partial charge on any atom is 0.269 e. The first-order valence-corrected chi connectivity index (χ1v) is 6.59. The number of benzene rings is 1. The largest absolute Gasteiger partial charge is 0.385 e. The predicted octanol–water partition coefficient (Wildman–Crippen LogP) is 3.23. The van der Waals surface area contributed by atoms with E-state index in [9.17, 15) is 10.1 Å². The molecule has 106 valence electrons. The van der Waals surface area contributed by atoms with Crippen LogP contribution in [0.15, 0.2) is 24.4 Å². The Balaban J connectivity index is 2.39. The zero-order valence-electron chi connectivity index (χ0n) is 11.3. The van der Waals surface area contributed by atoms with E-state index in [1.807, 2.05) is 13.8 Å². The van der Waals surface area contributed by atoms with Crippen LogP contribution >= 0.6 is 11.6 Å². The van der Waals surface area contributed by atoms with Gasteiger partial charge in [-0.25, -0.2) is 0 Å². The number of halogens is 1. The van der Waals surface area contributed by atoms with Crippen LogP contribution in [0.4, 0.5) is 11.4 Å². The molecule has 1 N–H and O–H groups in total. The highest BCUT2D eigenvalue weighted by atomic mass is 35.5. The van der Waals surface area contributed by atoms with Gasteiger partial charge in [-0.3, -0.25) is 14.8 Å². The number of hydrogen-bond donors (Lipinski definition) is 1. The van der Waals surface area contributed by atoms with Gasteiger partial charge in [0, 0.05) is 29.9 Å². The van der Waals surface area contributed by atoms with Crippen molar-refractivity contribution in [3.63, 3.8) is 0 Å². The molecule has 0 amide bonds. The first-order valence-electron chi connectivity index (χ1n) is 6.22. The third kappa shape index (κ3) is 2.91. The zero-order valence-corrected chi connectivity index (χ0v) is 12.0. The van der Waals surface area contributed by atoms with Gasteiger partial charge >= 0.3 is 0 Å². The van der Waals surface area contributed by atoms with Gasteiger partial charge in [0.1, 0.15) is 0 Å². The van der Waals surface area contributed by atoms with E-state index in [4.69, 9.17) is 11.6 Å². The molecule has 0 aliphatic heterocycles. The SMILES string of the molecule is CCNc1ccc([N+](=O)[O-])cc1Cn1ncc(Cl)c1C. The van der Waals surface area contributed by atoms with Crippen LogP contribution in [-0.2, 0) is 6.54 Å². The summed E-state index contributed by atoms with van der Waals surface area (Å²) in [6.07, 6.45) is 1.57. The fourth-order valence-corrected chi connectivity index (χ4v) is 2.07. The minimum absolute atomic E-state index is 0.0672. The van der Waals surface area contributed by atoms with Crippen LogP contribution < -0.4 is 5.32 Å². The Hall–Kier alpha value is -2.08. The second-order valence-corrected chi connectivity index (χ2v) is 4.77. The topological polar surface area (TPSA) is 73.0 Å². The lowest BCUT2D eigenvalue weighted by atomic mass is 10.1. The lowest BCUT2D eigenvalue weighted by Crippen LogP contribution is -2.08. The molecule has 0 atom stereocenters. The summed E-state index contributed by atoms with van der Waals surface area (Å²) in [4.78, 5) is 10.5. The highest BCUT2D eigenvalue weighted by molar-refractivity contribution is 6.31. The quantitative estimate of drug-likeness (QED) is 0.679. The predicted molar refractivity (Wildman–Crippen MR) is 78.3 cm³/mol. The van der Waals surface area contributed by atoms with Crippen molar-refractivity contribution in [2.45, 2.75) is 20.4 Å². The number of nitro groups is 1. The van der Waals surface area contributed by atoms with Crippen LogP contribution in [0.25, 0.3) is 0 Å². The number of nitrogens with zero attached hydrogens (tertiary/aromatic N) is 3. The van der Waals surface area contributed by atoms with Crippen molar-refractivity contribution in [3.05, 3.63) is 50.8 Å². The van der Waals surface area contributed by atoms with E-state index in [0.29, 0.717) is 11.6 Å². The third-order valence-electron chi connectivity index (χ3n) is 3.03. The molecule has 0 bridgehead atoms. The van der Waals surface area contributed by atoms with E-state index >= 15 is 0 Å². The monoisotopic (exact) mass is 294 g/mol. The molecular weight excluding hydrogens is 280 g/mol. The van der Waals surface area contributed by atoms with Gasteiger partial charge in [0.15, 0.2) is 0 Å². The number of rotatable bonds is 5. The van der Waals surface area contributed by atoms with Gasteiger partial charge in [0.05, 0.1) is 28.4 Å². The molecule has 0 unspecified atom stereocenters. The van der Waals surface area contributed by atoms with Crippen LogP contribution in [0.2, 0.25) is 5.02 Å². The smallest absolute Gasteiger partial charge is 0.269 e. The summed E-state index contributed by atoms with van der Waals surface area (Å²) >= 11 is 5.97. The van der Waals surface area contributed by atoms with Crippen LogP contribution in [0.3, 0.4) is 0 Å². The fraction of sp³-hybridized carbons (Fsp3) is 0.308. The van der Waals surface area contributed by atoms with E-state index in [0.717, 1.165) is 23.5 Å². The number of non-ortho nitro benzene ring substituents is 1. The first kappa shape index (κ1) is 14.3. The number of nitro benzene ring substituents is 1. The Labute approximate surface area is 121 Å². The Kier molecular flexibility index (Phi) is 4.24. The van der Waals surface area contributed by atoms with E-state index in [-0.39, 0.29) is 5.69 Å².